The quantitative estimate of drug-likeness (QED) is 0.338. The number of amides is 1. The molecule has 160 valence electrons. The van der Waals surface area contributed by atoms with Crippen molar-refractivity contribution >= 4 is 17.6 Å². The molecule has 0 radical (unpaired) electrons. The molecule has 0 bridgehead atoms. The monoisotopic (exact) mass is 423 g/mol. The lowest BCUT2D eigenvalue weighted by Gasteiger charge is -2.14. The number of phenolic OH excluding ortho intramolecular Hbond substituents is 1. The normalized spacial score (nSPS) is 10.7. The van der Waals surface area contributed by atoms with Crippen molar-refractivity contribution < 1.29 is 24.8 Å². The van der Waals surface area contributed by atoms with Gasteiger partial charge in [-0.25, -0.2) is 14.9 Å². The maximum Gasteiger partial charge on any atom is 0.326 e. The van der Waals surface area contributed by atoms with Crippen molar-refractivity contribution in [2.24, 2.45) is 0 Å². The van der Waals surface area contributed by atoms with Gasteiger partial charge in [-0.3, -0.25) is 4.79 Å². The topological polar surface area (TPSA) is 142 Å². The zero-order chi connectivity index (χ0) is 22.6. The van der Waals surface area contributed by atoms with Crippen LogP contribution in [0.1, 0.15) is 15.9 Å². The number of carboxylic acids is 1. The lowest BCUT2D eigenvalue weighted by molar-refractivity contribution is -0.445. The van der Waals surface area contributed by atoms with Gasteiger partial charge in [0.15, 0.2) is 5.03 Å². The number of anilines is 1. The number of hydrogen-bond donors (Lipinski definition) is 4. The third kappa shape index (κ3) is 8.24. The highest BCUT2D eigenvalue weighted by Crippen LogP contribution is 2.12. The maximum absolute atomic E-state index is 12.0. The van der Waals surface area contributed by atoms with Crippen LogP contribution in [0, 0.1) is 10.1 Å². The number of phenols is 1. The van der Waals surface area contributed by atoms with Gasteiger partial charge in [-0.15, -0.1) is 5.43 Å². The molecule has 3 aromatic rings. The van der Waals surface area contributed by atoms with Crippen LogP contribution in [0.3, 0.4) is 0 Å². The first-order valence-corrected chi connectivity index (χ1v) is 9.18. The molecule has 0 heterocycles. The Morgan fingerprint density at radius 1 is 0.903 bits per heavy atom. The van der Waals surface area contributed by atoms with E-state index in [0.717, 1.165) is 0 Å². The Morgan fingerprint density at radius 3 is 1.97 bits per heavy atom. The fraction of sp³-hybridized carbons (Fsp3) is 0.0909. The number of nitro groups is 1. The summed E-state index contributed by atoms with van der Waals surface area (Å²) in [7, 11) is 0. The highest BCUT2D eigenvalue weighted by atomic mass is 16.7. The van der Waals surface area contributed by atoms with E-state index in [-0.39, 0.29) is 12.2 Å². The molecule has 1 amide bonds. The number of hydrazine groups is 1. The van der Waals surface area contributed by atoms with Crippen LogP contribution in [0.2, 0.25) is 0 Å². The number of nitrogens with zero attached hydrogens (tertiary/aromatic N) is 1. The number of para-hydroxylation sites is 1. The van der Waals surface area contributed by atoms with Gasteiger partial charge in [0, 0.05) is 12.0 Å². The highest BCUT2D eigenvalue weighted by molar-refractivity contribution is 5.96. The smallest absolute Gasteiger partial charge is 0.326 e. The molecule has 4 N–H and O–H groups in total. The van der Waals surface area contributed by atoms with Gasteiger partial charge in [0.2, 0.25) is 0 Å². The van der Waals surface area contributed by atoms with Gasteiger partial charge in [-0.05, 0) is 42.0 Å². The van der Waals surface area contributed by atoms with Gasteiger partial charge >= 0.3 is 5.97 Å². The zero-order valence-electron chi connectivity index (χ0n) is 16.3. The first kappa shape index (κ1) is 22.9. The van der Waals surface area contributed by atoms with Crippen molar-refractivity contribution in [1.29, 1.82) is 0 Å². The predicted molar refractivity (Wildman–Crippen MR) is 114 cm³/mol. The second-order valence-corrected chi connectivity index (χ2v) is 6.34. The van der Waals surface area contributed by atoms with Crippen LogP contribution in [0.25, 0.3) is 0 Å². The molecule has 1 atom stereocenters. The van der Waals surface area contributed by atoms with E-state index >= 15 is 0 Å². The standard InChI is InChI=1S/C16H15NO4.C6H6N2O2/c18-13-8-6-11(7-9-13)10-14(16(20)21)17-15(19)12-4-2-1-3-5-12;9-8(10)7-6-4-2-1-3-5-6/h1-9,14,18H,10H2,(H,17,19)(H,20,21);1-5,7H. The van der Waals surface area contributed by atoms with E-state index in [9.17, 15) is 29.9 Å². The minimum absolute atomic E-state index is 0.110. The van der Waals surface area contributed by atoms with E-state index in [1.807, 2.05) is 5.43 Å². The van der Waals surface area contributed by atoms with E-state index < -0.39 is 23.0 Å². The molecule has 0 fully saturated rings. The SMILES string of the molecule is O=C(NC(Cc1ccc(O)cc1)C(=O)O)c1ccccc1.O=[N+]([O-])Nc1ccccc1. The Kier molecular flexibility index (Phi) is 8.54. The summed E-state index contributed by atoms with van der Waals surface area (Å²) in [5, 5.41) is 30.2. The molecule has 3 aromatic carbocycles. The van der Waals surface area contributed by atoms with E-state index in [1.165, 1.54) is 12.1 Å². The summed E-state index contributed by atoms with van der Waals surface area (Å²) in [6.07, 6.45) is 0.147. The number of carbonyl (C=O) groups excluding carboxylic acids is 1. The molecule has 1 unspecified atom stereocenters. The summed E-state index contributed by atoms with van der Waals surface area (Å²) in [5.41, 5.74) is 3.65. The number of nitrogens with one attached hydrogen (secondary N) is 2. The highest BCUT2D eigenvalue weighted by Gasteiger charge is 2.21. The second kappa shape index (κ2) is 11.6. The lowest BCUT2D eigenvalue weighted by atomic mass is 10.1. The van der Waals surface area contributed by atoms with Crippen LogP contribution in [0.5, 0.6) is 5.75 Å². The van der Waals surface area contributed by atoms with Crippen LogP contribution in [0.15, 0.2) is 84.9 Å². The third-order valence-electron chi connectivity index (χ3n) is 4.01. The molecule has 0 aromatic heterocycles. The Hall–Kier alpha value is -4.40. The fourth-order valence-electron chi connectivity index (χ4n) is 2.52. The van der Waals surface area contributed by atoms with E-state index in [2.05, 4.69) is 5.32 Å². The Bertz CT molecular complexity index is 995. The minimum Gasteiger partial charge on any atom is -0.508 e. The summed E-state index contributed by atoms with van der Waals surface area (Å²) < 4.78 is 0. The summed E-state index contributed by atoms with van der Waals surface area (Å²) in [5.74, 6) is -1.42. The van der Waals surface area contributed by atoms with Crippen molar-refractivity contribution in [3.8, 4) is 5.75 Å². The fourth-order valence-corrected chi connectivity index (χ4v) is 2.52. The predicted octanol–water partition coefficient (Wildman–Crippen LogP) is 3.11. The van der Waals surface area contributed by atoms with Gasteiger partial charge in [-0.1, -0.05) is 48.5 Å². The molecular formula is C22H21N3O6. The zero-order valence-corrected chi connectivity index (χ0v) is 16.3. The van der Waals surface area contributed by atoms with Gasteiger partial charge in [-0.2, -0.15) is 0 Å². The largest absolute Gasteiger partial charge is 0.508 e. The van der Waals surface area contributed by atoms with Gasteiger partial charge < -0.3 is 15.5 Å². The molecule has 0 aliphatic heterocycles. The van der Waals surface area contributed by atoms with Crippen molar-refractivity contribution in [2.45, 2.75) is 12.5 Å². The average molecular weight is 423 g/mol. The van der Waals surface area contributed by atoms with Gasteiger partial charge in [0.1, 0.15) is 17.5 Å². The molecule has 0 aliphatic carbocycles. The van der Waals surface area contributed by atoms with Crippen LogP contribution >= 0.6 is 0 Å². The molecule has 0 aliphatic rings. The first-order chi connectivity index (χ1) is 14.8. The molecule has 9 nitrogen and oxygen atoms in total. The lowest BCUT2D eigenvalue weighted by Crippen LogP contribution is -2.42. The van der Waals surface area contributed by atoms with Crippen molar-refractivity contribution in [3.63, 3.8) is 0 Å². The molecule has 0 saturated carbocycles. The molecule has 0 spiro atoms. The Morgan fingerprint density at radius 2 is 1.45 bits per heavy atom. The summed E-state index contributed by atoms with van der Waals surface area (Å²) in [6, 6.07) is 22.1. The summed E-state index contributed by atoms with van der Waals surface area (Å²) >= 11 is 0. The van der Waals surface area contributed by atoms with Crippen molar-refractivity contribution in [3.05, 3.63) is 106 Å². The second-order valence-electron chi connectivity index (χ2n) is 6.34. The van der Waals surface area contributed by atoms with Crippen molar-refractivity contribution in [2.75, 3.05) is 5.43 Å². The van der Waals surface area contributed by atoms with Crippen molar-refractivity contribution in [1.82, 2.24) is 5.32 Å². The minimum atomic E-state index is -1.10. The molecule has 3 rings (SSSR count). The van der Waals surface area contributed by atoms with Crippen LogP contribution in [-0.4, -0.2) is 33.2 Å². The van der Waals surface area contributed by atoms with E-state index in [0.29, 0.717) is 16.8 Å². The maximum atomic E-state index is 12.0. The number of aromatic hydroxyl groups is 1. The third-order valence-corrected chi connectivity index (χ3v) is 4.01. The molecule has 31 heavy (non-hydrogen) atoms. The van der Waals surface area contributed by atoms with Crippen LogP contribution in [0.4, 0.5) is 5.69 Å². The number of carbonyl (C=O) groups is 2. The first-order valence-electron chi connectivity index (χ1n) is 9.18. The van der Waals surface area contributed by atoms with Crippen LogP contribution in [-0.2, 0) is 11.2 Å². The van der Waals surface area contributed by atoms with Crippen LogP contribution < -0.4 is 10.7 Å². The number of hydrogen-bond acceptors (Lipinski definition) is 5. The molecule has 0 saturated heterocycles. The number of carboxylic acid groups (broad SMARTS) is 1. The van der Waals surface area contributed by atoms with Gasteiger partial charge in [0.25, 0.3) is 5.91 Å². The molecular weight excluding hydrogens is 402 g/mol. The summed E-state index contributed by atoms with van der Waals surface area (Å²) in [4.78, 5) is 33.1. The Labute approximate surface area is 178 Å². The van der Waals surface area contributed by atoms with E-state index in [1.54, 1.807) is 72.8 Å². The summed E-state index contributed by atoms with van der Waals surface area (Å²) in [6.45, 7) is 0. The number of benzene rings is 3. The number of rotatable bonds is 7. The molecule has 9 heteroatoms. The van der Waals surface area contributed by atoms with E-state index in [4.69, 9.17) is 0 Å². The number of aliphatic carboxylic acids is 1. The average Bonchev–Trinajstić information content (AvgIpc) is 2.76. The Balaban J connectivity index is 0.000000285. The van der Waals surface area contributed by atoms with Gasteiger partial charge in [0.05, 0.1) is 0 Å².